The standard InChI is InChI=1S/C19H20N4O6S3/c1-27-12-6-11(7-13(28-2)16(12)29-3)8-14-17(25)23(19(26)32-14)5-4-20-15(24)9-30-18-22-21-10-31-18/h6-8,10H,4-5,9H2,1-3H3,(H,20,24)/b14-8-. The predicted octanol–water partition coefficient (Wildman–Crippen LogP) is 2.51. The Kier molecular flexibility index (Phi) is 8.36. The smallest absolute Gasteiger partial charge is 0.293 e. The Balaban J connectivity index is 1.60. The number of benzene rings is 1. The van der Waals surface area contributed by atoms with Crippen molar-refractivity contribution in [3.05, 3.63) is 28.1 Å². The second-order valence-electron chi connectivity index (χ2n) is 6.14. The lowest BCUT2D eigenvalue weighted by Gasteiger charge is -2.13. The normalized spacial score (nSPS) is 14.7. The molecule has 1 aromatic carbocycles. The third-order valence-corrected chi connectivity index (χ3v) is 6.95. The van der Waals surface area contributed by atoms with E-state index in [0.29, 0.717) is 27.2 Å². The van der Waals surface area contributed by atoms with Gasteiger partial charge in [-0.2, -0.15) is 0 Å². The Labute approximate surface area is 196 Å². The fourth-order valence-electron chi connectivity index (χ4n) is 2.74. The van der Waals surface area contributed by atoms with E-state index in [2.05, 4.69) is 15.5 Å². The Morgan fingerprint density at radius 1 is 1.19 bits per heavy atom. The van der Waals surface area contributed by atoms with Gasteiger partial charge in [0.05, 0.1) is 32.0 Å². The predicted molar refractivity (Wildman–Crippen MR) is 122 cm³/mol. The number of imide groups is 1. The van der Waals surface area contributed by atoms with Crippen molar-refractivity contribution < 1.29 is 28.6 Å². The van der Waals surface area contributed by atoms with E-state index >= 15 is 0 Å². The summed E-state index contributed by atoms with van der Waals surface area (Å²) in [6, 6.07) is 3.37. The molecule has 0 bridgehead atoms. The molecule has 0 radical (unpaired) electrons. The van der Waals surface area contributed by atoms with Crippen molar-refractivity contribution in [3.63, 3.8) is 0 Å². The van der Waals surface area contributed by atoms with E-state index in [0.717, 1.165) is 16.7 Å². The van der Waals surface area contributed by atoms with Crippen LogP contribution in [0, 0.1) is 0 Å². The zero-order valence-electron chi connectivity index (χ0n) is 17.4. The van der Waals surface area contributed by atoms with Crippen LogP contribution in [0.25, 0.3) is 6.08 Å². The van der Waals surface area contributed by atoms with Crippen molar-refractivity contribution in [2.24, 2.45) is 0 Å². The second kappa shape index (κ2) is 11.2. The lowest BCUT2D eigenvalue weighted by molar-refractivity contribution is -0.123. The molecule has 170 valence electrons. The van der Waals surface area contributed by atoms with Crippen LogP contribution in [-0.2, 0) is 9.59 Å². The van der Waals surface area contributed by atoms with Crippen LogP contribution in [0.5, 0.6) is 17.2 Å². The number of carbonyl (C=O) groups is 3. The van der Waals surface area contributed by atoms with Gasteiger partial charge in [0.25, 0.3) is 11.1 Å². The molecule has 0 saturated carbocycles. The van der Waals surface area contributed by atoms with Crippen LogP contribution >= 0.6 is 34.9 Å². The number of methoxy groups -OCH3 is 3. The minimum atomic E-state index is -0.425. The number of nitrogens with one attached hydrogen (secondary N) is 1. The minimum Gasteiger partial charge on any atom is -0.493 e. The number of amides is 3. The second-order valence-corrected chi connectivity index (χ2v) is 9.18. The van der Waals surface area contributed by atoms with Crippen LogP contribution in [0.1, 0.15) is 5.56 Å². The number of thioether (sulfide) groups is 2. The molecule has 3 amide bonds. The third kappa shape index (κ3) is 5.72. The highest BCUT2D eigenvalue weighted by molar-refractivity contribution is 8.18. The van der Waals surface area contributed by atoms with Crippen molar-refractivity contribution in [2.75, 3.05) is 40.2 Å². The summed E-state index contributed by atoms with van der Waals surface area (Å²) in [5.41, 5.74) is 2.21. The molecule has 2 heterocycles. The van der Waals surface area contributed by atoms with Crippen LogP contribution in [0.3, 0.4) is 0 Å². The summed E-state index contributed by atoms with van der Waals surface area (Å²) >= 11 is 3.46. The molecule has 3 rings (SSSR count). The lowest BCUT2D eigenvalue weighted by atomic mass is 10.1. The third-order valence-electron chi connectivity index (χ3n) is 4.18. The number of aromatic nitrogens is 2. The Hall–Kier alpha value is -2.77. The van der Waals surface area contributed by atoms with Gasteiger partial charge in [0.15, 0.2) is 15.8 Å². The van der Waals surface area contributed by atoms with Crippen molar-refractivity contribution >= 4 is 58.0 Å². The van der Waals surface area contributed by atoms with Crippen LogP contribution < -0.4 is 19.5 Å². The van der Waals surface area contributed by atoms with Gasteiger partial charge in [0.1, 0.15) is 5.51 Å². The van der Waals surface area contributed by atoms with E-state index in [1.54, 1.807) is 23.7 Å². The van der Waals surface area contributed by atoms with Gasteiger partial charge in [0, 0.05) is 13.1 Å². The Morgan fingerprint density at radius 3 is 2.50 bits per heavy atom. The first-order chi connectivity index (χ1) is 15.5. The van der Waals surface area contributed by atoms with Gasteiger partial charge in [-0.15, -0.1) is 10.2 Å². The maximum absolute atomic E-state index is 12.7. The zero-order chi connectivity index (χ0) is 23.1. The maximum Gasteiger partial charge on any atom is 0.293 e. The molecule has 1 aliphatic rings. The van der Waals surface area contributed by atoms with Crippen LogP contribution in [-0.4, -0.2) is 72.3 Å². The first-order valence-corrected chi connectivity index (χ1v) is 11.9. The Bertz CT molecular complexity index is 1000. The number of carbonyl (C=O) groups excluding carboxylic acids is 3. The number of rotatable bonds is 10. The van der Waals surface area contributed by atoms with Gasteiger partial charge in [-0.1, -0.05) is 23.1 Å². The van der Waals surface area contributed by atoms with Gasteiger partial charge in [-0.05, 0) is 35.5 Å². The lowest BCUT2D eigenvalue weighted by Crippen LogP contribution is -2.37. The highest BCUT2D eigenvalue weighted by Gasteiger charge is 2.34. The molecule has 0 atom stereocenters. The summed E-state index contributed by atoms with van der Waals surface area (Å²) in [4.78, 5) is 38.3. The van der Waals surface area contributed by atoms with E-state index in [4.69, 9.17) is 14.2 Å². The van der Waals surface area contributed by atoms with Gasteiger partial charge in [-0.25, -0.2) is 0 Å². The molecular weight excluding hydrogens is 476 g/mol. The van der Waals surface area contributed by atoms with Crippen molar-refractivity contribution in [1.82, 2.24) is 20.4 Å². The quantitative estimate of drug-likeness (QED) is 0.388. The van der Waals surface area contributed by atoms with Gasteiger partial charge in [0.2, 0.25) is 11.7 Å². The van der Waals surface area contributed by atoms with Crippen LogP contribution in [0.2, 0.25) is 0 Å². The number of hydrogen-bond donors (Lipinski definition) is 1. The first-order valence-electron chi connectivity index (χ1n) is 9.17. The fraction of sp³-hybridized carbons (Fsp3) is 0.316. The molecule has 1 aromatic heterocycles. The van der Waals surface area contributed by atoms with E-state index in [9.17, 15) is 14.4 Å². The zero-order valence-corrected chi connectivity index (χ0v) is 19.9. The van der Waals surface area contributed by atoms with Crippen molar-refractivity contribution in [1.29, 1.82) is 0 Å². The number of hydrogen-bond acceptors (Lipinski definition) is 11. The molecule has 0 aliphatic carbocycles. The highest BCUT2D eigenvalue weighted by Crippen LogP contribution is 2.40. The average Bonchev–Trinajstić information content (AvgIpc) is 3.40. The van der Waals surface area contributed by atoms with E-state index < -0.39 is 11.1 Å². The molecular formula is C19H20N4O6S3. The van der Waals surface area contributed by atoms with E-state index in [-0.39, 0.29) is 29.7 Å². The van der Waals surface area contributed by atoms with E-state index in [1.165, 1.54) is 44.4 Å². The summed E-state index contributed by atoms with van der Waals surface area (Å²) in [7, 11) is 4.49. The largest absolute Gasteiger partial charge is 0.493 e. The van der Waals surface area contributed by atoms with E-state index in [1.807, 2.05) is 0 Å². The Morgan fingerprint density at radius 2 is 1.91 bits per heavy atom. The molecule has 1 aliphatic heterocycles. The minimum absolute atomic E-state index is 0.0759. The monoisotopic (exact) mass is 496 g/mol. The SMILES string of the molecule is COc1cc(/C=C2\SC(=O)N(CCNC(=O)CSc3nncs3)C2=O)cc(OC)c1OC. The van der Waals surface area contributed by atoms with Crippen LogP contribution in [0.15, 0.2) is 26.9 Å². The first kappa shape index (κ1) is 23.9. The molecule has 1 saturated heterocycles. The molecule has 1 N–H and O–H groups in total. The number of nitrogens with zero attached hydrogens (tertiary/aromatic N) is 3. The summed E-state index contributed by atoms with van der Waals surface area (Å²) in [5.74, 6) is 0.840. The van der Waals surface area contributed by atoms with Crippen LogP contribution in [0.4, 0.5) is 4.79 Å². The molecule has 0 spiro atoms. The average molecular weight is 497 g/mol. The molecule has 0 unspecified atom stereocenters. The molecule has 10 nitrogen and oxygen atoms in total. The van der Waals surface area contributed by atoms with Gasteiger partial charge < -0.3 is 19.5 Å². The van der Waals surface area contributed by atoms with Gasteiger partial charge >= 0.3 is 0 Å². The molecule has 1 fully saturated rings. The highest BCUT2D eigenvalue weighted by atomic mass is 32.2. The summed E-state index contributed by atoms with van der Waals surface area (Å²) in [6.07, 6.45) is 1.59. The number of ether oxygens (including phenoxy) is 3. The van der Waals surface area contributed by atoms with Crippen molar-refractivity contribution in [3.8, 4) is 17.2 Å². The molecule has 32 heavy (non-hydrogen) atoms. The fourth-order valence-corrected chi connectivity index (χ4v) is 4.92. The summed E-state index contributed by atoms with van der Waals surface area (Å²) < 4.78 is 16.6. The van der Waals surface area contributed by atoms with Gasteiger partial charge in [-0.3, -0.25) is 19.3 Å². The summed E-state index contributed by atoms with van der Waals surface area (Å²) in [5, 5.41) is 9.85. The molecule has 2 aromatic rings. The molecule has 13 heteroatoms. The maximum atomic E-state index is 12.7. The van der Waals surface area contributed by atoms with Crippen molar-refractivity contribution in [2.45, 2.75) is 4.34 Å². The topological polar surface area (TPSA) is 120 Å². The summed E-state index contributed by atoms with van der Waals surface area (Å²) in [6.45, 7) is 0.234.